The van der Waals surface area contributed by atoms with E-state index in [1.165, 1.54) is 24.2 Å². The second-order valence-electron chi connectivity index (χ2n) is 5.32. The summed E-state index contributed by atoms with van der Waals surface area (Å²) in [5.41, 5.74) is 1.18. The third kappa shape index (κ3) is 6.54. The van der Waals surface area contributed by atoms with Gasteiger partial charge in [-0.3, -0.25) is 9.80 Å². The molecule has 9 heteroatoms. The Kier molecular flexibility index (Phi) is 8.26. The predicted octanol–water partition coefficient (Wildman–Crippen LogP) is 2.17. The predicted molar refractivity (Wildman–Crippen MR) is 94.4 cm³/mol. The molecule has 0 saturated heterocycles. The van der Waals surface area contributed by atoms with Gasteiger partial charge in [0.2, 0.25) is 6.41 Å². The number of carbonyl (C=O) groups excluding carboxylic acids is 1. The van der Waals surface area contributed by atoms with Gasteiger partial charge in [-0.2, -0.15) is 0 Å². The molecule has 1 amide bonds. The van der Waals surface area contributed by atoms with Crippen LogP contribution in [0.2, 0.25) is 0 Å². The largest absolute Gasteiger partial charge is 0.508 e. The lowest BCUT2D eigenvalue weighted by Gasteiger charge is -2.18. The minimum absolute atomic E-state index is 0.0391. The molecule has 0 bridgehead atoms. The third-order valence-corrected chi connectivity index (χ3v) is 3.15. The molecule has 2 aromatic rings. The molecule has 0 atom stereocenters. The Morgan fingerprint density at radius 2 is 1.81 bits per heavy atom. The SMILES string of the molecule is CN(N)C=O.CN(N)c1ccccc1COc1ccc(O)cc1C(F)F. The molecule has 0 aliphatic heterocycles. The van der Waals surface area contributed by atoms with Gasteiger partial charge in [0.25, 0.3) is 6.43 Å². The molecule has 0 aliphatic carbocycles. The maximum atomic E-state index is 12.9. The van der Waals surface area contributed by atoms with Crippen molar-refractivity contribution in [2.45, 2.75) is 13.0 Å². The molecule has 0 radical (unpaired) electrons. The zero-order valence-electron chi connectivity index (χ0n) is 14.5. The lowest BCUT2D eigenvalue weighted by Crippen LogP contribution is -2.26. The molecule has 2 rings (SSSR count). The molecule has 5 N–H and O–H groups in total. The second-order valence-corrected chi connectivity index (χ2v) is 5.32. The van der Waals surface area contributed by atoms with Crippen LogP contribution in [0.15, 0.2) is 42.5 Å². The van der Waals surface area contributed by atoms with Gasteiger partial charge in [-0.25, -0.2) is 20.5 Å². The highest BCUT2D eigenvalue weighted by Gasteiger charge is 2.15. The maximum absolute atomic E-state index is 12.9. The van der Waals surface area contributed by atoms with E-state index in [-0.39, 0.29) is 23.7 Å². The van der Waals surface area contributed by atoms with Gasteiger partial charge in [0.15, 0.2) is 0 Å². The van der Waals surface area contributed by atoms with Crippen molar-refractivity contribution in [2.24, 2.45) is 11.7 Å². The Morgan fingerprint density at radius 3 is 2.35 bits per heavy atom. The van der Waals surface area contributed by atoms with Crippen LogP contribution >= 0.6 is 0 Å². The first-order valence-corrected chi connectivity index (χ1v) is 7.49. The van der Waals surface area contributed by atoms with E-state index in [2.05, 4.69) is 0 Å². The standard InChI is InChI=1S/C15H16F2N2O2.C2H6N2O/c1-19(18)13-5-3-2-4-10(13)9-21-14-7-6-11(20)8-12(14)15(16)17;1-4(3)2-5/h2-8,15,20H,9,18H2,1H3;2H,3H2,1H3. The lowest BCUT2D eigenvalue weighted by atomic mass is 10.1. The van der Waals surface area contributed by atoms with Crippen LogP contribution in [0.25, 0.3) is 0 Å². The van der Waals surface area contributed by atoms with E-state index in [0.717, 1.165) is 22.3 Å². The van der Waals surface area contributed by atoms with Gasteiger partial charge in [0, 0.05) is 19.7 Å². The molecule has 0 aliphatic rings. The van der Waals surface area contributed by atoms with E-state index in [4.69, 9.17) is 16.4 Å². The number of ether oxygens (including phenoxy) is 1. The number of nitrogens with zero attached hydrogens (tertiary/aromatic N) is 2. The highest BCUT2D eigenvalue weighted by Crippen LogP contribution is 2.32. The van der Waals surface area contributed by atoms with Gasteiger partial charge in [-0.15, -0.1) is 0 Å². The number of anilines is 1. The number of halogens is 2. The van der Waals surface area contributed by atoms with Gasteiger partial charge in [-0.05, 0) is 24.3 Å². The number of amides is 1. The van der Waals surface area contributed by atoms with Gasteiger partial charge >= 0.3 is 0 Å². The van der Waals surface area contributed by atoms with Crippen molar-refractivity contribution in [3.8, 4) is 11.5 Å². The van der Waals surface area contributed by atoms with Gasteiger partial charge < -0.3 is 14.9 Å². The fraction of sp³-hybridized carbons (Fsp3) is 0.235. The van der Waals surface area contributed by atoms with Crippen LogP contribution in [0.4, 0.5) is 14.5 Å². The number of phenols is 1. The van der Waals surface area contributed by atoms with E-state index in [1.807, 2.05) is 18.2 Å². The van der Waals surface area contributed by atoms with Gasteiger partial charge in [-0.1, -0.05) is 18.2 Å². The maximum Gasteiger partial charge on any atom is 0.267 e. The van der Waals surface area contributed by atoms with E-state index in [9.17, 15) is 18.7 Å². The summed E-state index contributed by atoms with van der Waals surface area (Å²) in [5.74, 6) is 10.3. The molecule has 0 unspecified atom stereocenters. The quantitative estimate of drug-likeness (QED) is 0.312. The van der Waals surface area contributed by atoms with Crippen molar-refractivity contribution in [3.05, 3.63) is 53.6 Å². The zero-order chi connectivity index (χ0) is 19.7. The number of hydrazine groups is 2. The monoisotopic (exact) mass is 368 g/mol. The highest BCUT2D eigenvalue weighted by atomic mass is 19.3. The minimum Gasteiger partial charge on any atom is -0.508 e. The van der Waals surface area contributed by atoms with Crippen molar-refractivity contribution in [1.82, 2.24) is 5.01 Å². The summed E-state index contributed by atoms with van der Waals surface area (Å²) in [7, 11) is 3.15. The topological polar surface area (TPSA) is 105 Å². The van der Waals surface area contributed by atoms with Crippen LogP contribution in [0.3, 0.4) is 0 Å². The molecule has 7 nitrogen and oxygen atoms in total. The van der Waals surface area contributed by atoms with Crippen molar-refractivity contribution in [1.29, 1.82) is 0 Å². The number of hydrogen-bond acceptors (Lipinski definition) is 6. The number of benzene rings is 2. The Hall–Kier alpha value is -2.91. The lowest BCUT2D eigenvalue weighted by molar-refractivity contribution is -0.117. The first-order valence-electron chi connectivity index (χ1n) is 7.49. The Labute approximate surface area is 150 Å². The fourth-order valence-electron chi connectivity index (χ4n) is 1.97. The van der Waals surface area contributed by atoms with E-state index in [1.54, 1.807) is 13.1 Å². The van der Waals surface area contributed by atoms with Crippen LogP contribution in [0, 0.1) is 0 Å². The summed E-state index contributed by atoms with van der Waals surface area (Å²) in [6.45, 7) is 0.0994. The fourth-order valence-corrected chi connectivity index (χ4v) is 1.97. The van der Waals surface area contributed by atoms with Crippen molar-refractivity contribution in [3.63, 3.8) is 0 Å². The summed E-state index contributed by atoms with van der Waals surface area (Å²) < 4.78 is 31.3. The molecule has 26 heavy (non-hydrogen) atoms. The van der Waals surface area contributed by atoms with Crippen LogP contribution in [-0.4, -0.2) is 30.6 Å². The van der Waals surface area contributed by atoms with Crippen LogP contribution in [-0.2, 0) is 11.4 Å². The number of carbonyl (C=O) groups is 1. The number of phenolic OH excluding ortho intramolecular Hbond substituents is 1. The molecular formula is C17H22F2N4O3. The van der Waals surface area contributed by atoms with Crippen LogP contribution < -0.4 is 21.4 Å². The second kappa shape index (κ2) is 10.2. The zero-order valence-corrected chi connectivity index (χ0v) is 14.5. The summed E-state index contributed by atoms with van der Waals surface area (Å²) in [6, 6.07) is 10.9. The first kappa shape index (κ1) is 21.1. The summed E-state index contributed by atoms with van der Waals surface area (Å²) in [4.78, 5) is 9.31. The number of nitrogens with two attached hydrogens (primary N) is 2. The molecular weight excluding hydrogens is 346 g/mol. The van der Waals surface area contributed by atoms with Gasteiger partial charge in [0.05, 0.1) is 11.3 Å². The van der Waals surface area contributed by atoms with Gasteiger partial charge in [0.1, 0.15) is 18.1 Å². The smallest absolute Gasteiger partial charge is 0.267 e. The number of para-hydroxylation sites is 1. The van der Waals surface area contributed by atoms with E-state index in [0.29, 0.717) is 6.41 Å². The minimum atomic E-state index is -2.72. The summed E-state index contributed by atoms with van der Waals surface area (Å²) in [6.07, 6.45) is -2.19. The number of hydrogen-bond donors (Lipinski definition) is 3. The Bertz CT molecular complexity index is 712. The Balaban J connectivity index is 0.000000597. The molecule has 0 fully saturated rings. The number of aromatic hydroxyl groups is 1. The third-order valence-electron chi connectivity index (χ3n) is 3.15. The number of rotatable bonds is 6. The average molecular weight is 368 g/mol. The molecule has 0 spiro atoms. The van der Waals surface area contributed by atoms with Crippen LogP contribution in [0.5, 0.6) is 11.5 Å². The Morgan fingerprint density at radius 1 is 1.19 bits per heavy atom. The molecule has 142 valence electrons. The average Bonchev–Trinajstić information content (AvgIpc) is 2.61. The van der Waals surface area contributed by atoms with Crippen LogP contribution in [0.1, 0.15) is 17.6 Å². The van der Waals surface area contributed by atoms with E-state index < -0.39 is 6.43 Å². The van der Waals surface area contributed by atoms with Crippen molar-refractivity contribution >= 4 is 12.1 Å². The van der Waals surface area contributed by atoms with Crippen molar-refractivity contribution in [2.75, 3.05) is 19.1 Å². The first-order chi connectivity index (χ1) is 12.3. The normalized spacial score (nSPS) is 9.96. The molecule has 0 saturated carbocycles. The van der Waals surface area contributed by atoms with E-state index >= 15 is 0 Å². The number of alkyl halides is 2. The molecule has 2 aromatic carbocycles. The molecule has 0 aromatic heterocycles. The summed E-state index contributed by atoms with van der Waals surface area (Å²) >= 11 is 0. The van der Waals surface area contributed by atoms with Crippen molar-refractivity contribution < 1.29 is 23.4 Å². The molecule has 0 heterocycles. The highest BCUT2D eigenvalue weighted by molar-refractivity contribution is 5.52. The summed E-state index contributed by atoms with van der Waals surface area (Å²) in [5, 5.41) is 11.7.